The van der Waals surface area contributed by atoms with Crippen LogP contribution < -0.4 is 10.5 Å². The molecule has 0 aliphatic carbocycles. The van der Waals surface area contributed by atoms with Gasteiger partial charge in [0, 0.05) is 25.1 Å². The summed E-state index contributed by atoms with van der Waals surface area (Å²) >= 11 is 0. The molecule has 0 radical (unpaired) electrons. The molecule has 0 unspecified atom stereocenters. The number of ether oxygens (including phenoxy) is 1. The summed E-state index contributed by atoms with van der Waals surface area (Å²) in [6, 6.07) is 1.53. The second-order valence-corrected chi connectivity index (χ2v) is 4.93. The molecule has 0 amide bonds. The third kappa shape index (κ3) is 3.41. The van der Waals surface area contributed by atoms with Crippen molar-refractivity contribution in [2.75, 3.05) is 31.2 Å². The Balaban J connectivity index is 2.12. The van der Waals surface area contributed by atoms with E-state index in [0.29, 0.717) is 13.2 Å². The van der Waals surface area contributed by atoms with E-state index in [1.54, 1.807) is 6.20 Å². The maximum absolute atomic E-state index is 11.9. The van der Waals surface area contributed by atoms with Crippen molar-refractivity contribution in [3.05, 3.63) is 22.6 Å². The number of carbonyl (C=O) groups excluding carboxylic acids is 1. The Kier molecular flexibility index (Phi) is 4.31. The molecule has 0 aromatic carbocycles. The highest BCUT2D eigenvalue weighted by Crippen LogP contribution is 2.11. The monoisotopic (exact) mass is 265 g/mol. The summed E-state index contributed by atoms with van der Waals surface area (Å²) < 4.78 is 6.48. The predicted molar refractivity (Wildman–Crippen MR) is 71.4 cm³/mol. The Morgan fingerprint density at radius 3 is 2.68 bits per heavy atom. The standard InChI is InChI=1S/C13H19N3O3/c1-10(2)12(17)9-16-13(18)7-11(8-14-16)15-3-5-19-6-4-15/h7-8,10H,3-6,9H2,1-2H3. The Hall–Kier alpha value is -1.69. The van der Waals surface area contributed by atoms with Crippen molar-refractivity contribution in [1.82, 2.24) is 9.78 Å². The number of nitrogens with zero attached hydrogens (tertiary/aromatic N) is 3. The van der Waals surface area contributed by atoms with E-state index >= 15 is 0 Å². The molecule has 1 aromatic heterocycles. The molecule has 0 N–H and O–H groups in total. The van der Waals surface area contributed by atoms with E-state index in [1.165, 1.54) is 10.7 Å². The molecule has 1 aromatic rings. The number of morpholine rings is 1. The number of carbonyl (C=O) groups is 1. The number of anilines is 1. The summed E-state index contributed by atoms with van der Waals surface area (Å²) in [5.74, 6) is -0.0821. The summed E-state index contributed by atoms with van der Waals surface area (Å²) in [6.45, 7) is 6.51. The van der Waals surface area contributed by atoms with Gasteiger partial charge in [0.15, 0.2) is 5.78 Å². The van der Waals surface area contributed by atoms with Gasteiger partial charge in [-0.3, -0.25) is 9.59 Å². The normalized spacial score (nSPS) is 15.8. The number of hydrogen-bond acceptors (Lipinski definition) is 5. The van der Waals surface area contributed by atoms with Crippen molar-refractivity contribution in [2.45, 2.75) is 20.4 Å². The van der Waals surface area contributed by atoms with Crippen LogP contribution in [-0.2, 0) is 16.1 Å². The second kappa shape index (κ2) is 5.97. The molecule has 6 heteroatoms. The van der Waals surface area contributed by atoms with Crippen LogP contribution in [0.2, 0.25) is 0 Å². The van der Waals surface area contributed by atoms with E-state index in [-0.39, 0.29) is 23.8 Å². The van der Waals surface area contributed by atoms with Gasteiger partial charge in [0.2, 0.25) is 0 Å². The summed E-state index contributed by atoms with van der Waals surface area (Å²) in [5, 5.41) is 4.08. The van der Waals surface area contributed by atoms with Gasteiger partial charge in [-0.2, -0.15) is 5.10 Å². The topological polar surface area (TPSA) is 64.4 Å². The lowest BCUT2D eigenvalue weighted by molar-refractivity contribution is -0.122. The quantitative estimate of drug-likeness (QED) is 0.783. The smallest absolute Gasteiger partial charge is 0.269 e. The minimum atomic E-state index is -0.238. The highest BCUT2D eigenvalue weighted by atomic mass is 16.5. The molecular weight excluding hydrogens is 246 g/mol. The zero-order valence-corrected chi connectivity index (χ0v) is 11.3. The number of hydrogen-bond donors (Lipinski definition) is 0. The van der Waals surface area contributed by atoms with Gasteiger partial charge >= 0.3 is 0 Å². The van der Waals surface area contributed by atoms with Gasteiger partial charge in [0.25, 0.3) is 5.56 Å². The molecule has 1 fully saturated rings. The van der Waals surface area contributed by atoms with E-state index in [1.807, 2.05) is 13.8 Å². The first kappa shape index (κ1) is 13.7. The summed E-state index contributed by atoms with van der Waals surface area (Å²) in [7, 11) is 0. The Morgan fingerprint density at radius 1 is 1.42 bits per heavy atom. The van der Waals surface area contributed by atoms with Crippen LogP contribution in [0.25, 0.3) is 0 Å². The number of ketones is 1. The summed E-state index contributed by atoms with van der Waals surface area (Å²) in [4.78, 5) is 25.6. The third-order valence-corrected chi connectivity index (χ3v) is 3.18. The van der Waals surface area contributed by atoms with Gasteiger partial charge in [-0.1, -0.05) is 13.8 Å². The third-order valence-electron chi connectivity index (χ3n) is 3.18. The van der Waals surface area contributed by atoms with E-state index in [9.17, 15) is 9.59 Å². The average Bonchev–Trinajstić information content (AvgIpc) is 2.41. The van der Waals surface area contributed by atoms with Crippen LogP contribution in [-0.4, -0.2) is 41.9 Å². The van der Waals surface area contributed by atoms with Crippen molar-refractivity contribution in [1.29, 1.82) is 0 Å². The molecule has 0 spiro atoms. The van der Waals surface area contributed by atoms with E-state index < -0.39 is 0 Å². The van der Waals surface area contributed by atoms with E-state index in [2.05, 4.69) is 10.00 Å². The molecule has 6 nitrogen and oxygen atoms in total. The van der Waals surface area contributed by atoms with Gasteiger partial charge < -0.3 is 9.64 Å². The largest absolute Gasteiger partial charge is 0.378 e. The highest BCUT2D eigenvalue weighted by molar-refractivity contribution is 5.79. The molecule has 2 heterocycles. The average molecular weight is 265 g/mol. The first-order valence-electron chi connectivity index (χ1n) is 6.50. The summed E-state index contributed by atoms with van der Waals surface area (Å²) in [5.41, 5.74) is 0.555. The van der Waals surface area contributed by atoms with Crippen LogP contribution in [0.5, 0.6) is 0 Å². The van der Waals surface area contributed by atoms with Crippen LogP contribution in [0.15, 0.2) is 17.1 Å². The molecule has 2 rings (SSSR count). The fourth-order valence-electron chi connectivity index (χ4n) is 1.87. The SMILES string of the molecule is CC(C)C(=O)Cn1ncc(N2CCOCC2)cc1=O. The molecule has 1 aliphatic heterocycles. The van der Waals surface area contributed by atoms with Gasteiger partial charge in [0.1, 0.15) is 6.54 Å². The molecule has 19 heavy (non-hydrogen) atoms. The van der Waals surface area contributed by atoms with Crippen molar-refractivity contribution in [3.63, 3.8) is 0 Å². The fourth-order valence-corrected chi connectivity index (χ4v) is 1.87. The Bertz CT molecular complexity index is 504. The van der Waals surface area contributed by atoms with Crippen LogP contribution in [0.1, 0.15) is 13.8 Å². The van der Waals surface area contributed by atoms with Gasteiger partial charge in [-0.05, 0) is 0 Å². The lowest BCUT2D eigenvalue weighted by Gasteiger charge is -2.28. The van der Waals surface area contributed by atoms with Crippen LogP contribution in [0, 0.1) is 5.92 Å². The number of aromatic nitrogens is 2. The lowest BCUT2D eigenvalue weighted by Crippen LogP contribution is -2.37. The zero-order chi connectivity index (χ0) is 13.8. The molecular formula is C13H19N3O3. The van der Waals surface area contributed by atoms with Crippen LogP contribution in [0.4, 0.5) is 5.69 Å². The van der Waals surface area contributed by atoms with Crippen molar-refractivity contribution < 1.29 is 9.53 Å². The fraction of sp³-hybridized carbons (Fsp3) is 0.615. The first-order chi connectivity index (χ1) is 9.08. The molecule has 0 atom stereocenters. The van der Waals surface area contributed by atoms with E-state index in [0.717, 1.165) is 18.8 Å². The molecule has 104 valence electrons. The van der Waals surface area contributed by atoms with Gasteiger partial charge in [0.05, 0.1) is 25.1 Å². The lowest BCUT2D eigenvalue weighted by atomic mass is 10.1. The predicted octanol–water partition coefficient (Wildman–Crippen LogP) is 0.305. The molecule has 0 saturated carbocycles. The van der Waals surface area contributed by atoms with Crippen molar-refractivity contribution in [3.8, 4) is 0 Å². The second-order valence-electron chi connectivity index (χ2n) is 4.93. The highest BCUT2D eigenvalue weighted by Gasteiger charge is 2.14. The Morgan fingerprint density at radius 2 is 2.11 bits per heavy atom. The van der Waals surface area contributed by atoms with Crippen molar-refractivity contribution in [2.24, 2.45) is 5.92 Å². The van der Waals surface area contributed by atoms with Crippen LogP contribution >= 0.6 is 0 Å². The van der Waals surface area contributed by atoms with Gasteiger partial charge in [-0.25, -0.2) is 4.68 Å². The van der Waals surface area contributed by atoms with E-state index in [4.69, 9.17) is 4.74 Å². The molecule has 0 bridgehead atoms. The first-order valence-corrected chi connectivity index (χ1v) is 6.50. The maximum Gasteiger partial charge on any atom is 0.269 e. The minimum absolute atomic E-state index is 0.00808. The van der Waals surface area contributed by atoms with Gasteiger partial charge in [-0.15, -0.1) is 0 Å². The zero-order valence-electron chi connectivity index (χ0n) is 11.3. The minimum Gasteiger partial charge on any atom is -0.378 e. The number of Topliss-reactive ketones (excluding diaryl/α,β-unsaturated/α-hetero) is 1. The maximum atomic E-state index is 11.9. The molecule has 1 aliphatic rings. The number of rotatable bonds is 4. The summed E-state index contributed by atoms with van der Waals surface area (Å²) in [6.07, 6.45) is 1.64. The van der Waals surface area contributed by atoms with Crippen LogP contribution in [0.3, 0.4) is 0 Å². The Labute approximate surface area is 112 Å². The molecule has 1 saturated heterocycles. The van der Waals surface area contributed by atoms with Crippen molar-refractivity contribution >= 4 is 11.5 Å².